The van der Waals surface area contributed by atoms with E-state index in [0.29, 0.717) is 16.9 Å². The van der Waals surface area contributed by atoms with Gasteiger partial charge >= 0.3 is 0 Å². The van der Waals surface area contributed by atoms with Crippen LogP contribution in [0.15, 0.2) is 28.7 Å². The maximum absolute atomic E-state index is 12.2. The van der Waals surface area contributed by atoms with E-state index in [0.717, 1.165) is 29.7 Å². The van der Waals surface area contributed by atoms with E-state index in [2.05, 4.69) is 34.7 Å². The summed E-state index contributed by atoms with van der Waals surface area (Å²) < 4.78 is 0.899. The van der Waals surface area contributed by atoms with Gasteiger partial charge in [-0.05, 0) is 6.07 Å². The lowest BCUT2D eigenvalue weighted by atomic mass is 10.1. The largest absolute Gasteiger partial charge is 0.301 e. The quantitative estimate of drug-likeness (QED) is 0.776. The molecule has 0 radical (unpaired) electrons. The van der Waals surface area contributed by atoms with Crippen LogP contribution in [0.2, 0.25) is 0 Å². The highest BCUT2D eigenvalue weighted by molar-refractivity contribution is 9.10. The molecule has 0 saturated carbocycles. The van der Waals surface area contributed by atoms with Gasteiger partial charge in [-0.25, -0.2) is 0 Å². The lowest BCUT2D eigenvalue weighted by Crippen LogP contribution is -2.41. The summed E-state index contributed by atoms with van der Waals surface area (Å²) in [7, 11) is 0. The summed E-state index contributed by atoms with van der Waals surface area (Å²) in [5, 5.41) is 1.34. The first-order valence-electron chi connectivity index (χ1n) is 6.72. The highest BCUT2D eigenvalue weighted by Crippen LogP contribution is 2.25. The van der Waals surface area contributed by atoms with Crippen molar-refractivity contribution in [2.45, 2.75) is 30.8 Å². The van der Waals surface area contributed by atoms with E-state index in [1.807, 2.05) is 36.0 Å². The second-order valence-electron chi connectivity index (χ2n) is 5.17. The average molecular weight is 342 g/mol. The van der Waals surface area contributed by atoms with Gasteiger partial charge < -0.3 is 4.90 Å². The summed E-state index contributed by atoms with van der Waals surface area (Å²) in [4.78, 5) is 14.6. The fraction of sp³-hybridized carbons (Fsp3) is 0.533. The molecule has 2 atom stereocenters. The number of halogens is 1. The minimum Gasteiger partial charge on any atom is -0.301 e. The Labute approximate surface area is 128 Å². The van der Waals surface area contributed by atoms with Crippen LogP contribution in [-0.2, 0) is 0 Å². The summed E-state index contributed by atoms with van der Waals surface area (Å²) in [6.07, 6.45) is 0.604. The Morgan fingerprint density at radius 1 is 1.32 bits per heavy atom. The van der Waals surface area contributed by atoms with Crippen LogP contribution in [-0.4, -0.2) is 40.8 Å². The molecule has 0 bridgehead atoms. The molecule has 19 heavy (non-hydrogen) atoms. The number of ketones is 1. The van der Waals surface area contributed by atoms with Gasteiger partial charge in [-0.15, -0.1) is 0 Å². The van der Waals surface area contributed by atoms with E-state index in [1.54, 1.807) is 0 Å². The molecule has 1 aromatic carbocycles. The van der Waals surface area contributed by atoms with Crippen molar-refractivity contribution in [3.63, 3.8) is 0 Å². The number of carbonyl (C=O) groups excluding carboxylic acids is 1. The zero-order valence-corrected chi connectivity index (χ0v) is 13.8. The molecule has 2 nitrogen and oxygen atoms in total. The van der Waals surface area contributed by atoms with Crippen molar-refractivity contribution in [3.05, 3.63) is 34.3 Å². The molecule has 2 rings (SSSR count). The molecule has 2 unspecified atom stereocenters. The van der Waals surface area contributed by atoms with Crippen molar-refractivity contribution < 1.29 is 4.79 Å². The Balaban J connectivity index is 1.89. The maximum atomic E-state index is 12.2. The van der Waals surface area contributed by atoms with Gasteiger partial charge in [-0.3, -0.25) is 4.79 Å². The predicted octanol–water partition coefficient (Wildman–Crippen LogP) is 3.85. The Bertz CT molecular complexity index is 442. The highest BCUT2D eigenvalue weighted by atomic mass is 79.9. The first-order valence-corrected chi connectivity index (χ1v) is 8.45. The molecule has 1 aliphatic rings. The fourth-order valence-corrected chi connectivity index (χ4v) is 4.44. The van der Waals surface area contributed by atoms with Crippen LogP contribution in [0.5, 0.6) is 0 Å². The number of benzene rings is 1. The predicted molar refractivity (Wildman–Crippen MR) is 86.0 cm³/mol. The lowest BCUT2D eigenvalue weighted by molar-refractivity contribution is 0.0963. The van der Waals surface area contributed by atoms with Crippen LogP contribution < -0.4 is 0 Å². The average Bonchev–Trinajstić information content (AvgIpc) is 2.35. The molecule has 1 aliphatic heterocycles. The van der Waals surface area contributed by atoms with E-state index in [9.17, 15) is 4.79 Å². The van der Waals surface area contributed by atoms with Crippen LogP contribution in [0.25, 0.3) is 0 Å². The standard InChI is InChI=1S/C15H20BrNOS/c1-11-9-17(10-12(2)19-11)8-7-15(18)13-5-3-4-6-14(13)16/h3-6,11-12H,7-10H2,1-2H3. The topological polar surface area (TPSA) is 20.3 Å². The van der Waals surface area contributed by atoms with Gasteiger partial charge in [-0.1, -0.05) is 48.0 Å². The van der Waals surface area contributed by atoms with E-state index < -0.39 is 0 Å². The summed E-state index contributed by atoms with van der Waals surface area (Å²) >= 11 is 5.49. The van der Waals surface area contributed by atoms with E-state index in [4.69, 9.17) is 0 Å². The zero-order valence-electron chi connectivity index (χ0n) is 11.4. The first-order chi connectivity index (χ1) is 9.06. The van der Waals surface area contributed by atoms with Crippen LogP contribution >= 0.6 is 27.7 Å². The number of rotatable bonds is 4. The third-order valence-corrected chi connectivity index (χ3v) is 5.24. The van der Waals surface area contributed by atoms with Gasteiger partial charge in [0.15, 0.2) is 5.78 Å². The summed E-state index contributed by atoms with van der Waals surface area (Å²) in [5.74, 6) is 0.228. The molecule has 1 heterocycles. The van der Waals surface area contributed by atoms with Crippen molar-refractivity contribution in [2.75, 3.05) is 19.6 Å². The molecular formula is C15H20BrNOS. The number of hydrogen-bond acceptors (Lipinski definition) is 3. The van der Waals surface area contributed by atoms with Crippen molar-refractivity contribution in [1.82, 2.24) is 4.90 Å². The lowest BCUT2D eigenvalue weighted by Gasteiger charge is -2.34. The molecule has 1 saturated heterocycles. The van der Waals surface area contributed by atoms with Gasteiger partial charge in [0.1, 0.15) is 0 Å². The molecule has 0 N–H and O–H groups in total. The molecule has 104 valence electrons. The summed E-state index contributed by atoms with van der Waals surface area (Å²) in [5.41, 5.74) is 0.801. The van der Waals surface area contributed by atoms with E-state index in [-0.39, 0.29) is 5.78 Å². The maximum Gasteiger partial charge on any atom is 0.165 e. The molecule has 0 aliphatic carbocycles. The summed E-state index contributed by atoms with van der Waals surface area (Å²) in [6, 6.07) is 7.67. The fourth-order valence-electron chi connectivity index (χ4n) is 2.55. The minimum absolute atomic E-state index is 0.228. The van der Waals surface area contributed by atoms with Crippen molar-refractivity contribution >= 4 is 33.5 Å². The second kappa shape index (κ2) is 6.91. The van der Waals surface area contributed by atoms with Crippen molar-refractivity contribution in [3.8, 4) is 0 Å². The molecule has 1 aromatic rings. The zero-order chi connectivity index (χ0) is 13.8. The van der Waals surface area contributed by atoms with Crippen LogP contribution in [0.4, 0.5) is 0 Å². The number of hydrogen-bond donors (Lipinski definition) is 0. The molecular weight excluding hydrogens is 322 g/mol. The van der Waals surface area contributed by atoms with Gasteiger partial charge in [0.2, 0.25) is 0 Å². The van der Waals surface area contributed by atoms with Gasteiger partial charge in [0, 0.05) is 46.6 Å². The number of nitrogens with zero attached hydrogens (tertiary/aromatic N) is 1. The third-order valence-electron chi connectivity index (χ3n) is 3.32. The van der Waals surface area contributed by atoms with Gasteiger partial charge in [0.25, 0.3) is 0 Å². The van der Waals surface area contributed by atoms with Crippen LogP contribution in [0.1, 0.15) is 30.6 Å². The Kier molecular flexibility index (Phi) is 5.48. The normalized spacial score (nSPS) is 24.4. The monoisotopic (exact) mass is 341 g/mol. The molecule has 4 heteroatoms. The molecule has 0 amide bonds. The van der Waals surface area contributed by atoms with Crippen molar-refractivity contribution in [2.24, 2.45) is 0 Å². The molecule has 1 fully saturated rings. The van der Waals surface area contributed by atoms with Crippen molar-refractivity contribution in [1.29, 1.82) is 0 Å². The number of carbonyl (C=O) groups is 1. The third kappa shape index (κ3) is 4.33. The Morgan fingerprint density at radius 2 is 1.95 bits per heavy atom. The Hall–Kier alpha value is -0.320. The van der Waals surface area contributed by atoms with Crippen LogP contribution in [0, 0.1) is 0 Å². The van der Waals surface area contributed by atoms with E-state index >= 15 is 0 Å². The number of thioether (sulfide) groups is 1. The first kappa shape index (κ1) is 15.1. The van der Waals surface area contributed by atoms with E-state index in [1.165, 1.54) is 0 Å². The minimum atomic E-state index is 0.228. The number of Topliss-reactive ketones (excluding diaryl/α,β-unsaturated/α-hetero) is 1. The second-order valence-corrected chi connectivity index (χ2v) is 7.91. The highest BCUT2D eigenvalue weighted by Gasteiger charge is 2.22. The Morgan fingerprint density at radius 3 is 2.58 bits per heavy atom. The molecule has 0 spiro atoms. The molecule has 0 aromatic heterocycles. The SMILES string of the molecule is CC1CN(CCC(=O)c2ccccc2Br)CC(C)S1. The summed E-state index contributed by atoms with van der Waals surface area (Å²) in [6.45, 7) is 7.60. The van der Waals surface area contributed by atoms with Crippen LogP contribution in [0.3, 0.4) is 0 Å². The smallest absolute Gasteiger partial charge is 0.165 e. The van der Waals surface area contributed by atoms with Gasteiger partial charge in [-0.2, -0.15) is 11.8 Å². The van der Waals surface area contributed by atoms with Gasteiger partial charge in [0.05, 0.1) is 0 Å².